The zero-order valence-electron chi connectivity index (χ0n) is 8.44. The number of hydrogen-bond donors (Lipinski definition) is 3. The predicted octanol–water partition coefficient (Wildman–Crippen LogP) is -0.159. The van der Waals surface area contributed by atoms with Crippen LogP contribution in [0, 0.1) is 0 Å². The Bertz CT molecular complexity index is 128. The molecule has 0 aromatic carbocycles. The molecule has 0 aliphatic rings. The lowest BCUT2D eigenvalue weighted by molar-refractivity contribution is -0.120. The van der Waals surface area contributed by atoms with Crippen LogP contribution >= 0.6 is 0 Å². The molecule has 0 heterocycles. The molecule has 4 heteroatoms. The smallest absolute Gasteiger partial charge is 0.219 e. The van der Waals surface area contributed by atoms with Gasteiger partial charge in [-0.1, -0.05) is 6.92 Å². The Hall–Kier alpha value is -0.610. The van der Waals surface area contributed by atoms with E-state index in [9.17, 15) is 4.79 Å². The Balaban J connectivity index is 2.95. The minimum absolute atomic E-state index is 0.127. The molecule has 0 saturated heterocycles. The Morgan fingerprint density at radius 3 is 2.54 bits per heavy atom. The summed E-state index contributed by atoms with van der Waals surface area (Å²) < 4.78 is 0. The standard InChI is InChI=1S/C9H21N3O/c1-2-9(13)12-8-4-7-11-6-3-5-10/h11H,2-8,10H2,1H3,(H,12,13). The van der Waals surface area contributed by atoms with Crippen molar-refractivity contribution in [1.82, 2.24) is 10.6 Å². The van der Waals surface area contributed by atoms with Crippen molar-refractivity contribution in [1.29, 1.82) is 0 Å². The molecule has 13 heavy (non-hydrogen) atoms. The van der Waals surface area contributed by atoms with Gasteiger partial charge in [-0.3, -0.25) is 4.79 Å². The molecule has 78 valence electrons. The van der Waals surface area contributed by atoms with Crippen LogP contribution in [0.15, 0.2) is 0 Å². The molecule has 0 atom stereocenters. The van der Waals surface area contributed by atoms with Crippen LogP contribution in [0.1, 0.15) is 26.2 Å². The summed E-state index contributed by atoms with van der Waals surface area (Å²) in [5.41, 5.74) is 5.33. The van der Waals surface area contributed by atoms with Crippen molar-refractivity contribution in [3.63, 3.8) is 0 Å². The largest absolute Gasteiger partial charge is 0.356 e. The summed E-state index contributed by atoms with van der Waals surface area (Å²) in [6.45, 7) is 5.28. The first kappa shape index (κ1) is 12.4. The van der Waals surface area contributed by atoms with Gasteiger partial charge in [-0.05, 0) is 32.5 Å². The number of amides is 1. The van der Waals surface area contributed by atoms with Crippen LogP contribution in [0.5, 0.6) is 0 Å². The molecule has 0 fully saturated rings. The number of rotatable bonds is 8. The lowest BCUT2D eigenvalue weighted by Crippen LogP contribution is -2.27. The third-order valence-corrected chi connectivity index (χ3v) is 1.73. The topological polar surface area (TPSA) is 67.2 Å². The number of nitrogens with two attached hydrogens (primary N) is 1. The lowest BCUT2D eigenvalue weighted by Gasteiger charge is -2.04. The Kier molecular flexibility index (Phi) is 9.03. The first-order valence-electron chi connectivity index (χ1n) is 4.98. The van der Waals surface area contributed by atoms with Crippen molar-refractivity contribution in [3.8, 4) is 0 Å². The molecular formula is C9H21N3O. The van der Waals surface area contributed by atoms with E-state index in [1.807, 2.05) is 6.92 Å². The summed E-state index contributed by atoms with van der Waals surface area (Å²) in [7, 11) is 0. The monoisotopic (exact) mass is 187 g/mol. The van der Waals surface area contributed by atoms with Gasteiger partial charge in [-0.25, -0.2) is 0 Å². The van der Waals surface area contributed by atoms with Gasteiger partial charge in [0.2, 0.25) is 5.91 Å². The lowest BCUT2D eigenvalue weighted by atomic mass is 10.3. The Morgan fingerprint density at radius 2 is 1.92 bits per heavy atom. The van der Waals surface area contributed by atoms with E-state index in [1.54, 1.807) is 0 Å². The molecule has 0 rings (SSSR count). The second kappa shape index (κ2) is 9.48. The third-order valence-electron chi connectivity index (χ3n) is 1.73. The molecule has 4 nitrogen and oxygen atoms in total. The maximum absolute atomic E-state index is 10.8. The molecule has 0 unspecified atom stereocenters. The van der Waals surface area contributed by atoms with Gasteiger partial charge in [0.15, 0.2) is 0 Å². The first-order valence-corrected chi connectivity index (χ1v) is 4.98. The second-order valence-corrected chi connectivity index (χ2v) is 2.95. The molecule has 4 N–H and O–H groups in total. The van der Waals surface area contributed by atoms with E-state index in [4.69, 9.17) is 5.73 Å². The maximum atomic E-state index is 10.8. The summed E-state index contributed by atoms with van der Waals surface area (Å²) in [6, 6.07) is 0. The molecule has 0 saturated carbocycles. The van der Waals surface area contributed by atoms with E-state index in [1.165, 1.54) is 0 Å². The minimum Gasteiger partial charge on any atom is -0.356 e. The van der Waals surface area contributed by atoms with Gasteiger partial charge in [0.1, 0.15) is 0 Å². The fourth-order valence-corrected chi connectivity index (χ4v) is 0.918. The zero-order chi connectivity index (χ0) is 9.94. The molecular weight excluding hydrogens is 166 g/mol. The fraction of sp³-hybridized carbons (Fsp3) is 0.889. The van der Waals surface area contributed by atoms with Gasteiger partial charge in [0.25, 0.3) is 0 Å². The second-order valence-electron chi connectivity index (χ2n) is 2.95. The van der Waals surface area contributed by atoms with E-state index in [0.717, 1.165) is 39.0 Å². The quantitative estimate of drug-likeness (QED) is 0.463. The molecule has 0 aliphatic heterocycles. The van der Waals surface area contributed by atoms with Gasteiger partial charge in [-0.15, -0.1) is 0 Å². The number of nitrogens with one attached hydrogen (secondary N) is 2. The molecule has 1 amide bonds. The Morgan fingerprint density at radius 1 is 1.23 bits per heavy atom. The highest BCUT2D eigenvalue weighted by atomic mass is 16.1. The van der Waals surface area contributed by atoms with Crippen molar-refractivity contribution in [2.24, 2.45) is 5.73 Å². The third kappa shape index (κ3) is 9.30. The van der Waals surface area contributed by atoms with E-state index >= 15 is 0 Å². The van der Waals surface area contributed by atoms with E-state index in [-0.39, 0.29) is 5.91 Å². The van der Waals surface area contributed by atoms with Crippen LogP contribution < -0.4 is 16.4 Å². The highest BCUT2D eigenvalue weighted by Crippen LogP contribution is 1.78. The number of carbonyl (C=O) groups is 1. The van der Waals surface area contributed by atoms with Gasteiger partial charge >= 0.3 is 0 Å². The molecule has 0 aliphatic carbocycles. The van der Waals surface area contributed by atoms with E-state index in [0.29, 0.717) is 6.42 Å². The van der Waals surface area contributed by atoms with Crippen molar-refractivity contribution in [2.75, 3.05) is 26.2 Å². The number of hydrogen-bond acceptors (Lipinski definition) is 3. The summed E-state index contributed by atoms with van der Waals surface area (Å²) in [5.74, 6) is 0.127. The van der Waals surface area contributed by atoms with Gasteiger partial charge < -0.3 is 16.4 Å². The van der Waals surface area contributed by atoms with Crippen LogP contribution in [0.25, 0.3) is 0 Å². The molecule has 0 aromatic rings. The highest BCUT2D eigenvalue weighted by Gasteiger charge is 1.94. The minimum atomic E-state index is 0.127. The summed E-state index contributed by atoms with van der Waals surface area (Å²) in [5, 5.41) is 6.07. The SMILES string of the molecule is CCC(=O)NCCCNCCCN. The highest BCUT2D eigenvalue weighted by molar-refractivity contribution is 5.75. The van der Waals surface area contributed by atoms with Crippen LogP contribution in [0.3, 0.4) is 0 Å². The van der Waals surface area contributed by atoms with Crippen LogP contribution in [-0.4, -0.2) is 32.1 Å². The number of carbonyl (C=O) groups excluding carboxylic acids is 1. The van der Waals surface area contributed by atoms with E-state index in [2.05, 4.69) is 10.6 Å². The summed E-state index contributed by atoms with van der Waals surface area (Å²) in [6.07, 6.45) is 2.57. The normalized spacial score (nSPS) is 10.0. The van der Waals surface area contributed by atoms with Gasteiger partial charge in [0, 0.05) is 13.0 Å². The van der Waals surface area contributed by atoms with Gasteiger partial charge in [0.05, 0.1) is 0 Å². The molecule has 0 bridgehead atoms. The predicted molar refractivity (Wildman–Crippen MR) is 54.5 cm³/mol. The summed E-state index contributed by atoms with van der Waals surface area (Å²) >= 11 is 0. The van der Waals surface area contributed by atoms with Gasteiger partial charge in [-0.2, -0.15) is 0 Å². The van der Waals surface area contributed by atoms with Crippen LogP contribution in [0.4, 0.5) is 0 Å². The average molecular weight is 187 g/mol. The average Bonchev–Trinajstić information content (AvgIpc) is 2.16. The molecule has 0 radical (unpaired) electrons. The first-order chi connectivity index (χ1) is 6.31. The van der Waals surface area contributed by atoms with E-state index < -0.39 is 0 Å². The Labute approximate surface area is 80.3 Å². The van der Waals surface area contributed by atoms with Crippen molar-refractivity contribution >= 4 is 5.91 Å². The molecule has 0 spiro atoms. The van der Waals surface area contributed by atoms with Crippen LogP contribution in [-0.2, 0) is 4.79 Å². The van der Waals surface area contributed by atoms with Crippen molar-refractivity contribution < 1.29 is 4.79 Å². The van der Waals surface area contributed by atoms with Crippen molar-refractivity contribution in [3.05, 3.63) is 0 Å². The zero-order valence-corrected chi connectivity index (χ0v) is 8.44. The fourth-order valence-electron chi connectivity index (χ4n) is 0.918. The van der Waals surface area contributed by atoms with Crippen LogP contribution in [0.2, 0.25) is 0 Å². The maximum Gasteiger partial charge on any atom is 0.219 e. The summed E-state index contributed by atoms with van der Waals surface area (Å²) in [4.78, 5) is 10.8. The molecule has 0 aromatic heterocycles. The van der Waals surface area contributed by atoms with Crippen molar-refractivity contribution in [2.45, 2.75) is 26.2 Å².